The van der Waals surface area contributed by atoms with Crippen molar-refractivity contribution in [3.05, 3.63) is 24.3 Å². The van der Waals surface area contributed by atoms with E-state index in [4.69, 9.17) is 4.74 Å². The molecule has 1 N–H and O–H groups in total. The number of amides is 2. The molecule has 1 unspecified atom stereocenters. The fourth-order valence-corrected chi connectivity index (χ4v) is 8.87. The number of carbonyl (C=O) groups is 3. The quantitative estimate of drug-likeness (QED) is 0.499. The molecule has 7 nitrogen and oxygen atoms in total. The number of allylic oxidation sites excluding steroid dienone is 1. The van der Waals surface area contributed by atoms with Gasteiger partial charge < -0.3 is 19.6 Å². The summed E-state index contributed by atoms with van der Waals surface area (Å²) in [4.78, 5) is 44.8. The van der Waals surface area contributed by atoms with E-state index in [9.17, 15) is 19.5 Å². The SMILES string of the molecule is C[C@@]12/C=C\CCCOC(=O)[C@@H]1[C@H]1C(=O)N(CCO)C3C(=O)N(C4CCCCC4)CC=C[C@@]31S2. The van der Waals surface area contributed by atoms with Gasteiger partial charge in [-0.15, -0.1) is 11.8 Å². The van der Waals surface area contributed by atoms with Crippen LogP contribution >= 0.6 is 11.8 Å². The Balaban J connectivity index is 1.60. The maximum atomic E-state index is 14.1. The molecule has 1 aliphatic carbocycles. The molecule has 5 atom stereocenters. The highest BCUT2D eigenvalue weighted by Crippen LogP contribution is 2.65. The molecule has 5 aliphatic rings. The summed E-state index contributed by atoms with van der Waals surface area (Å²) in [6.07, 6.45) is 15.2. The van der Waals surface area contributed by atoms with Crippen molar-refractivity contribution >= 4 is 29.5 Å². The summed E-state index contributed by atoms with van der Waals surface area (Å²) in [6.45, 7) is 2.73. The van der Waals surface area contributed by atoms with Gasteiger partial charge in [-0.2, -0.15) is 0 Å². The zero-order valence-electron chi connectivity index (χ0n) is 19.3. The summed E-state index contributed by atoms with van der Waals surface area (Å²) in [6, 6.07) is -0.540. The Labute approximate surface area is 199 Å². The van der Waals surface area contributed by atoms with Crippen LogP contribution < -0.4 is 0 Å². The van der Waals surface area contributed by atoms with E-state index in [0.29, 0.717) is 13.2 Å². The summed E-state index contributed by atoms with van der Waals surface area (Å²) >= 11 is 1.57. The molecule has 0 aromatic heterocycles. The van der Waals surface area contributed by atoms with Gasteiger partial charge in [-0.05, 0) is 32.6 Å². The highest BCUT2D eigenvalue weighted by Gasteiger charge is 2.73. The molecule has 1 saturated carbocycles. The average molecular weight is 475 g/mol. The summed E-state index contributed by atoms with van der Waals surface area (Å²) in [5.41, 5.74) is 0. The van der Waals surface area contributed by atoms with Crippen LogP contribution in [-0.4, -0.2) is 80.6 Å². The Hall–Kier alpha value is -1.80. The van der Waals surface area contributed by atoms with Crippen LogP contribution in [0.4, 0.5) is 0 Å². The highest BCUT2D eigenvalue weighted by molar-refractivity contribution is 8.02. The van der Waals surface area contributed by atoms with Crippen LogP contribution in [-0.2, 0) is 19.1 Å². The van der Waals surface area contributed by atoms with Gasteiger partial charge in [-0.1, -0.05) is 43.6 Å². The van der Waals surface area contributed by atoms with Crippen LogP contribution in [0.1, 0.15) is 51.9 Å². The van der Waals surface area contributed by atoms with Gasteiger partial charge in [0, 0.05) is 23.9 Å². The van der Waals surface area contributed by atoms with Gasteiger partial charge in [0.2, 0.25) is 11.8 Å². The Kier molecular flexibility index (Phi) is 6.10. The van der Waals surface area contributed by atoms with E-state index >= 15 is 0 Å². The number of aliphatic hydroxyl groups excluding tert-OH is 1. The number of likely N-dealkylation sites (tertiary alicyclic amines) is 1. The van der Waals surface area contributed by atoms with E-state index in [-0.39, 0.29) is 37.0 Å². The van der Waals surface area contributed by atoms with Gasteiger partial charge in [-0.3, -0.25) is 14.4 Å². The topological polar surface area (TPSA) is 87.1 Å². The second kappa shape index (κ2) is 8.77. The van der Waals surface area contributed by atoms with Crippen molar-refractivity contribution in [3.8, 4) is 0 Å². The molecule has 8 heteroatoms. The lowest BCUT2D eigenvalue weighted by Crippen LogP contribution is -2.56. The number of ether oxygens (including phenoxy) is 1. The minimum absolute atomic E-state index is 0.0452. The first-order valence-corrected chi connectivity index (χ1v) is 13.2. The number of rotatable bonds is 3. The summed E-state index contributed by atoms with van der Waals surface area (Å²) in [7, 11) is 0. The Morgan fingerprint density at radius 3 is 2.61 bits per heavy atom. The third kappa shape index (κ3) is 3.55. The lowest BCUT2D eigenvalue weighted by molar-refractivity contribution is -0.154. The molecule has 33 heavy (non-hydrogen) atoms. The van der Waals surface area contributed by atoms with Crippen LogP contribution in [0.3, 0.4) is 0 Å². The number of thioether (sulfide) groups is 1. The number of hydrogen-bond acceptors (Lipinski definition) is 6. The average Bonchev–Trinajstić information content (AvgIpc) is 3.14. The molecule has 0 radical (unpaired) electrons. The van der Waals surface area contributed by atoms with E-state index in [1.54, 1.807) is 16.7 Å². The molecule has 4 heterocycles. The lowest BCUT2D eigenvalue weighted by Gasteiger charge is -2.39. The molecule has 4 aliphatic heterocycles. The molecule has 180 valence electrons. The lowest BCUT2D eigenvalue weighted by atomic mass is 9.74. The van der Waals surface area contributed by atoms with Crippen LogP contribution in [0.15, 0.2) is 24.3 Å². The van der Waals surface area contributed by atoms with Crippen molar-refractivity contribution in [1.82, 2.24) is 9.80 Å². The molecular formula is C25H34N2O5S. The number of carbonyl (C=O) groups excluding carboxylic acids is 3. The van der Waals surface area contributed by atoms with Gasteiger partial charge in [0.15, 0.2) is 0 Å². The number of aliphatic hydroxyl groups is 1. The first-order valence-electron chi connectivity index (χ1n) is 12.4. The smallest absolute Gasteiger partial charge is 0.311 e. The van der Waals surface area contributed by atoms with E-state index in [2.05, 4.69) is 12.2 Å². The Morgan fingerprint density at radius 2 is 1.85 bits per heavy atom. The van der Waals surface area contributed by atoms with Crippen LogP contribution in [0.2, 0.25) is 0 Å². The summed E-state index contributed by atoms with van der Waals surface area (Å²) < 4.78 is 4.12. The number of cyclic esters (lactones) is 1. The first-order chi connectivity index (χ1) is 15.9. The van der Waals surface area contributed by atoms with Gasteiger partial charge in [0.25, 0.3) is 0 Å². The van der Waals surface area contributed by atoms with Crippen molar-refractivity contribution in [3.63, 3.8) is 0 Å². The minimum Gasteiger partial charge on any atom is -0.465 e. The van der Waals surface area contributed by atoms with E-state index < -0.39 is 27.4 Å². The number of fused-ring (bicyclic) bond motifs is 2. The number of β-amino-alcohol motifs (C(OH)–C–C–N with tert-alkyl or cyclic N) is 1. The first kappa shape index (κ1) is 23.0. The molecule has 3 fully saturated rings. The van der Waals surface area contributed by atoms with Crippen molar-refractivity contribution in [1.29, 1.82) is 0 Å². The number of hydrogen-bond donors (Lipinski definition) is 1. The van der Waals surface area contributed by atoms with Gasteiger partial charge in [0.1, 0.15) is 6.04 Å². The Bertz CT molecular complexity index is 884. The molecule has 5 rings (SSSR count). The summed E-state index contributed by atoms with van der Waals surface area (Å²) in [5.74, 6) is -1.98. The van der Waals surface area contributed by atoms with E-state index in [1.165, 1.54) is 6.42 Å². The number of esters is 1. The highest BCUT2D eigenvalue weighted by atomic mass is 32.2. The minimum atomic E-state index is -0.852. The zero-order valence-corrected chi connectivity index (χ0v) is 20.1. The molecule has 1 spiro atoms. The second-order valence-electron chi connectivity index (χ2n) is 10.1. The predicted octanol–water partition coefficient (Wildman–Crippen LogP) is 2.29. The van der Waals surface area contributed by atoms with Gasteiger partial charge in [-0.25, -0.2) is 0 Å². The van der Waals surface area contributed by atoms with Gasteiger partial charge in [0.05, 0.1) is 29.8 Å². The molecular weight excluding hydrogens is 440 g/mol. The molecule has 0 bridgehead atoms. The molecule has 0 aromatic rings. The van der Waals surface area contributed by atoms with Crippen LogP contribution in [0.25, 0.3) is 0 Å². The van der Waals surface area contributed by atoms with Gasteiger partial charge >= 0.3 is 5.97 Å². The molecule has 2 amide bonds. The largest absolute Gasteiger partial charge is 0.465 e. The third-order valence-electron chi connectivity index (χ3n) is 8.14. The predicted molar refractivity (Wildman–Crippen MR) is 125 cm³/mol. The zero-order chi connectivity index (χ0) is 23.2. The monoisotopic (exact) mass is 474 g/mol. The van der Waals surface area contributed by atoms with Crippen molar-refractivity contribution in [2.75, 3.05) is 26.3 Å². The maximum Gasteiger partial charge on any atom is 0.311 e. The standard InChI is InChI=1S/C25H34N2O5S/c1-24-11-6-3-7-16-32-23(31)19(24)18-21(29)27(14-15-28)20-22(30)26(17-9-4-2-5-10-17)13-8-12-25(18,20)33-24/h6,8,11-12,17-20,28H,2-5,7,9-10,13-16H2,1H3/b11-6-/t18-,19-,20?,24+,25-/m0/s1. The van der Waals surface area contributed by atoms with Crippen molar-refractivity contribution in [2.24, 2.45) is 11.8 Å². The maximum absolute atomic E-state index is 14.1. The third-order valence-corrected chi connectivity index (χ3v) is 9.93. The Morgan fingerprint density at radius 1 is 1.06 bits per heavy atom. The fourth-order valence-electron chi connectivity index (χ4n) is 6.72. The molecule has 0 aromatic carbocycles. The van der Waals surface area contributed by atoms with E-state index in [0.717, 1.165) is 38.5 Å². The normalized spacial score (nSPS) is 40.3. The second-order valence-corrected chi connectivity index (χ2v) is 11.9. The van der Waals surface area contributed by atoms with Crippen molar-refractivity contribution in [2.45, 2.75) is 73.4 Å². The van der Waals surface area contributed by atoms with Crippen LogP contribution in [0, 0.1) is 11.8 Å². The molecule has 2 saturated heterocycles. The van der Waals surface area contributed by atoms with Crippen LogP contribution in [0.5, 0.6) is 0 Å². The van der Waals surface area contributed by atoms with E-state index in [1.807, 2.05) is 24.0 Å². The summed E-state index contributed by atoms with van der Waals surface area (Å²) in [5, 5.41) is 9.77. The van der Waals surface area contributed by atoms with Crippen molar-refractivity contribution < 1.29 is 24.2 Å². The fraction of sp³-hybridized carbons (Fsp3) is 0.720. The number of nitrogens with zero attached hydrogens (tertiary/aromatic N) is 2.